The highest BCUT2D eigenvalue weighted by molar-refractivity contribution is 5.76. The summed E-state index contributed by atoms with van der Waals surface area (Å²) in [5, 5.41) is 3.19. The fourth-order valence-electron chi connectivity index (χ4n) is 1.78. The molecule has 0 radical (unpaired) electrons. The molecule has 3 heteroatoms. The fourth-order valence-corrected chi connectivity index (χ4v) is 1.78. The van der Waals surface area contributed by atoms with Crippen LogP contribution in [-0.2, 0) is 9.53 Å². The van der Waals surface area contributed by atoms with E-state index in [-0.39, 0.29) is 12.0 Å². The lowest BCUT2D eigenvalue weighted by atomic mass is 10.1. The van der Waals surface area contributed by atoms with Gasteiger partial charge in [0, 0.05) is 6.54 Å². The van der Waals surface area contributed by atoms with Crippen LogP contribution in [-0.4, -0.2) is 25.2 Å². The molecule has 1 aliphatic rings. The molecule has 1 rings (SSSR count). The first-order chi connectivity index (χ1) is 7.27. The molecule has 0 amide bonds. The number of carbonyl (C=O) groups is 1. The van der Waals surface area contributed by atoms with Gasteiger partial charge in [-0.05, 0) is 25.7 Å². The van der Waals surface area contributed by atoms with Gasteiger partial charge in [0.1, 0.15) is 6.04 Å². The number of rotatable bonds is 5. The van der Waals surface area contributed by atoms with Gasteiger partial charge in [-0.3, -0.25) is 4.79 Å². The normalized spacial score (nSPS) is 26.0. The maximum absolute atomic E-state index is 11.6. The zero-order valence-electron chi connectivity index (χ0n) is 9.66. The number of esters is 1. The summed E-state index contributed by atoms with van der Waals surface area (Å²) in [6, 6.07) is -0.0944. The van der Waals surface area contributed by atoms with Gasteiger partial charge in [-0.2, -0.15) is 0 Å². The molecule has 0 spiro atoms. The number of carbonyl (C=O) groups excluding carboxylic acids is 1. The van der Waals surface area contributed by atoms with E-state index in [1.807, 2.05) is 13.0 Å². The molecule has 0 aromatic carbocycles. The zero-order chi connectivity index (χ0) is 11.1. The van der Waals surface area contributed by atoms with Crippen molar-refractivity contribution in [1.29, 1.82) is 0 Å². The first kappa shape index (κ1) is 12.2. The number of hydrogen-bond acceptors (Lipinski definition) is 3. The smallest absolute Gasteiger partial charge is 0.323 e. The van der Waals surface area contributed by atoms with Crippen LogP contribution in [0.25, 0.3) is 0 Å². The predicted octanol–water partition coefficient (Wildman–Crippen LogP) is 1.88. The van der Waals surface area contributed by atoms with Gasteiger partial charge in [0.25, 0.3) is 0 Å². The Labute approximate surface area is 91.9 Å². The molecular formula is C12H21NO2. The van der Waals surface area contributed by atoms with E-state index in [0.717, 1.165) is 25.8 Å². The minimum absolute atomic E-state index is 0.0875. The molecule has 86 valence electrons. The van der Waals surface area contributed by atoms with Crippen LogP contribution in [0.2, 0.25) is 0 Å². The summed E-state index contributed by atoms with van der Waals surface area (Å²) in [4.78, 5) is 11.6. The Bertz CT molecular complexity index is 226. The minimum Gasteiger partial charge on any atom is -0.465 e. The average molecular weight is 211 g/mol. The van der Waals surface area contributed by atoms with Crippen LogP contribution >= 0.6 is 0 Å². The van der Waals surface area contributed by atoms with E-state index in [1.54, 1.807) is 0 Å². The third-order valence-corrected chi connectivity index (χ3v) is 2.66. The lowest BCUT2D eigenvalue weighted by Crippen LogP contribution is -2.32. The van der Waals surface area contributed by atoms with E-state index < -0.39 is 0 Å². The molecule has 2 unspecified atom stereocenters. The minimum atomic E-state index is -0.0944. The predicted molar refractivity (Wildman–Crippen MR) is 60.6 cm³/mol. The summed E-state index contributed by atoms with van der Waals surface area (Å²) in [6.07, 6.45) is 7.07. The molecule has 0 aliphatic carbocycles. The Morgan fingerprint density at radius 2 is 2.40 bits per heavy atom. The zero-order valence-corrected chi connectivity index (χ0v) is 9.66. The highest BCUT2D eigenvalue weighted by Crippen LogP contribution is 2.16. The maximum Gasteiger partial charge on any atom is 0.323 e. The second kappa shape index (κ2) is 6.62. The van der Waals surface area contributed by atoms with E-state index in [9.17, 15) is 4.79 Å². The molecule has 15 heavy (non-hydrogen) atoms. The Hall–Kier alpha value is -0.830. The third-order valence-electron chi connectivity index (χ3n) is 2.66. The lowest BCUT2D eigenvalue weighted by molar-refractivity contribution is -0.145. The lowest BCUT2D eigenvalue weighted by Gasteiger charge is -2.09. The summed E-state index contributed by atoms with van der Waals surface area (Å²) >= 11 is 0. The Kier molecular flexibility index (Phi) is 5.40. The monoisotopic (exact) mass is 211 g/mol. The third kappa shape index (κ3) is 4.04. The van der Waals surface area contributed by atoms with Crippen LogP contribution < -0.4 is 5.32 Å². The Balaban J connectivity index is 2.24. The number of nitrogens with one attached hydrogen (secondary N) is 1. The standard InChI is InChI=1S/C12H21NO2/c1-3-5-7-15-12(14)11-8-10(6-4-2)9-13-11/h4,6,10-11,13H,3,5,7-9H2,1-2H3/b6-4-. The second-order valence-electron chi connectivity index (χ2n) is 4.00. The van der Waals surface area contributed by atoms with Crippen molar-refractivity contribution in [3.8, 4) is 0 Å². The highest BCUT2D eigenvalue weighted by atomic mass is 16.5. The van der Waals surface area contributed by atoms with Crippen molar-refractivity contribution in [3.05, 3.63) is 12.2 Å². The van der Waals surface area contributed by atoms with Crippen molar-refractivity contribution in [2.75, 3.05) is 13.2 Å². The molecule has 0 aromatic heterocycles. The van der Waals surface area contributed by atoms with Gasteiger partial charge in [0.2, 0.25) is 0 Å². The average Bonchev–Trinajstić information content (AvgIpc) is 2.67. The Morgan fingerprint density at radius 1 is 1.60 bits per heavy atom. The largest absolute Gasteiger partial charge is 0.465 e. The van der Waals surface area contributed by atoms with Crippen molar-refractivity contribution in [3.63, 3.8) is 0 Å². The maximum atomic E-state index is 11.6. The van der Waals surface area contributed by atoms with Crippen molar-refractivity contribution >= 4 is 5.97 Å². The van der Waals surface area contributed by atoms with E-state index in [2.05, 4.69) is 18.3 Å². The van der Waals surface area contributed by atoms with Gasteiger partial charge >= 0.3 is 5.97 Å². The van der Waals surface area contributed by atoms with Gasteiger partial charge in [0.05, 0.1) is 6.61 Å². The molecule has 0 saturated carbocycles. The second-order valence-corrected chi connectivity index (χ2v) is 4.00. The van der Waals surface area contributed by atoms with Crippen LogP contribution in [0.5, 0.6) is 0 Å². The fraction of sp³-hybridized carbons (Fsp3) is 0.750. The first-order valence-corrected chi connectivity index (χ1v) is 5.80. The van der Waals surface area contributed by atoms with E-state index in [4.69, 9.17) is 4.74 Å². The van der Waals surface area contributed by atoms with Crippen LogP contribution in [0.15, 0.2) is 12.2 Å². The summed E-state index contributed by atoms with van der Waals surface area (Å²) in [5.41, 5.74) is 0. The van der Waals surface area contributed by atoms with Crippen LogP contribution in [0.4, 0.5) is 0 Å². The number of allylic oxidation sites excluding steroid dienone is 1. The van der Waals surface area contributed by atoms with Crippen molar-refractivity contribution < 1.29 is 9.53 Å². The summed E-state index contributed by atoms with van der Waals surface area (Å²) in [7, 11) is 0. The summed E-state index contributed by atoms with van der Waals surface area (Å²) < 4.78 is 5.17. The molecule has 1 saturated heterocycles. The van der Waals surface area contributed by atoms with E-state index in [1.165, 1.54) is 0 Å². The molecule has 1 N–H and O–H groups in total. The van der Waals surface area contributed by atoms with Crippen molar-refractivity contribution in [2.24, 2.45) is 5.92 Å². The molecular weight excluding hydrogens is 190 g/mol. The highest BCUT2D eigenvalue weighted by Gasteiger charge is 2.28. The van der Waals surface area contributed by atoms with Gasteiger partial charge in [-0.15, -0.1) is 0 Å². The number of unbranched alkanes of at least 4 members (excludes halogenated alkanes) is 1. The van der Waals surface area contributed by atoms with Gasteiger partial charge in [-0.1, -0.05) is 25.5 Å². The number of hydrogen-bond donors (Lipinski definition) is 1. The molecule has 1 aliphatic heterocycles. The van der Waals surface area contributed by atoms with Crippen LogP contribution in [0, 0.1) is 5.92 Å². The SMILES string of the molecule is C/C=C\C1CNC(C(=O)OCCCC)C1. The Morgan fingerprint density at radius 3 is 3.07 bits per heavy atom. The summed E-state index contributed by atoms with van der Waals surface area (Å²) in [6.45, 7) is 5.54. The van der Waals surface area contributed by atoms with Crippen LogP contribution in [0.1, 0.15) is 33.1 Å². The molecule has 3 nitrogen and oxygen atoms in total. The van der Waals surface area contributed by atoms with Gasteiger partial charge in [-0.25, -0.2) is 0 Å². The van der Waals surface area contributed by atoms with Crippen molar-refractivity contribution in [1.82, 2.24) is 5.32 Å². The molecule has 0 aromatic rings. The van der Waals surface area contributed by atoms with Crippen molar-refractivity contribution in [2.45, 2.75) is 39.2 Å². The van der Waals surface area contributed by atoms with Gasteiger partial charge < -0.3 is 10.1 Å². The van der Waals surface area contributed by atoms with E-state index >= 15 is 0 Å². The summed E-state index contributed by atoms with van der Waals surface area (Å²) in [5.74, 6) is 0.397. The molecule has 0 bridgehead atoms. The first-order valence-electron chi connectivity index (χ1n) is 5.80. The van der Waals surface area contributed by atoms with Gasteiger partial charge in [0.15, 0.2) is 0 Å². The topological polar surface area (TPSA) is 38.3 Å². The molecule has 1 fully saturated rings. The molecule has 2 atom stereocenters. The van der Waals surface area contributed by atoms with E-state index in [0.29, 0.717) is 12.5 Å². The van der Waals surface area contributed by atoms with Crippen LogP contribution in [0.3, 0.4) is 0 Å². The number of ether oxygens (including phenoxy) is 1. The molecule has 1 heterocycles. The quantitative estimate of drug-likeness (QED) is 0.429.